The van der Waals surface area contributed by atoms with Gasteiger partial charge in [-0.15, -0.1) is 0 Å². The number of rotatable bonds is 6. The fourth-order valence-corrected chi connectivity index (χ4v) is 3.69. The Labute approximate surface area is 143 Å². The molecule has 1 aromatic rings. The number of aryl methyl sites for hydroxylation is 1. The zero-order valence-corrected chi connectivity index (χ0v) is 15.1. The number of carbonyl (C=O) groups excluding carboxylic acids is 1. The highest BCUT2D eigenvalue weighted by atomic mass is 32.2. The summed E-state index contributed by atoms with van der Waals surface area (Å²) in [6.45, 7) is 6.27. The average molecular weight is 355 g/mol. The van der Waals surface area contributed by atoms with Gasteiger partial charge in [0.15, 0.2) is 0 Å². The van der Waals surface area contributed by atoms with Crippen LogP contribution in [0.5, 0.6) is 0 Å². The first-order valence-electron chi connectivity index (χ1n) is 7.97. The molecule has 8 heteroatoms. The minimum absolute atomic E-state index is 0.0933. The van der Waals surface area contributed by atoms with Gasteiger partial charge in [-0.3, -0.25) is 4.79 Å². The summed E-state index contributed by atoms with van der Waals surface area (Å²) in [7, 11) is -2.15. The van der Waals surface area contributed by atoms with Gasteiger partial charge >= 0.3 is 0 Å². The smallest absolute Gasteiger partial charge is 0.254 e. The Kier molecular flexibility index (Phi) is 6.34. The van der Waals surface area contributed by atoms with Gasteiger partial charge in [-0.05, 0) is 31.5 Å². The van der Waals surface area contributed by atoms with Gasteiger partial charge in [-0.1, -0.05) is 6.07 Å². The first kappa shape index (κ1) is 18.9. The molecule has 1 amide bonds. The summed E-state index contributed by atoms with van der Waals surface area (Å²) in [6.07, 6.45) is 0. The number of nitrogens with one attached hydrogen (secondary N) is 2. The highest BCUT2D eigenvalue weighted by molar-refractivity contribution is 7.89. The van der Waals surface area contributed by atoms with Crippen LogP contribution in [-0.2, 0) is 14.8 Å². The van der Waals surface area contributed by atoms with Gasteiger partial charge in [0.05, 0.1) is 11.5 Å². The Morgan fingerprint density at radius 2 is 2.21 bits per heavy atom. The molecule has 0 radical (unpaired) electrons. The lowest BCUT2D eigenvalue weighted by molar-refractivity contribution is 0.0708. The molecule has 2 rings (SSSR count). The van der Waals surface area contributed by atoms with E-state index in [2.05, 4.69) is 10.0 Å². The van der Waals surface area contributed by atoms with Gasteiger partial charge in [0.2, 0.25) is 10.0 Å². The lowest BCUT2D eigenvalue weighted by Gasteiger charge is -2.32. The van der Waals surface area contributed by atoms with Crippen LogP contribution in [0.1, 0.15) is 22.8 Å². The normalized spacial score (nSPS) is 18.6. The maximum atomic E-state index is 12.8. The molecule has 1 aromatic carbocycles. The Hall–Kier alpha value is -1.48. The zero-order valence-electron chi connectivity index (χ0n) is 14.3. The summed E-state index contributed by atoms with van der Waals surface area (Å²) >= 11 is 0. The van der Waals surface area contributed by atoms with Crippen molar-refractivity contribution >= 4 is 15.9 Å². The summed E-state index contributed by atoms with van der Waals surface area (Å²) in [4.78, 5) is 14.6. The average Bonchev–Trinajstić information content (AvgIpc) is 2.54. The van der Waals surface area contributed by atoms with Crippen LogP contribution in [0.3, 0.4) is 0 Å². The van der Waals surface area contributed by atoms with Crippen molar-refractivity contribution < 1.29 is 17.9 Å². The second-order valence-corrected chi connectivity index (χ2v) is 7.74. The maximum Gasteiger partial charge on any atom is 0.254 e. The Balaban J connectivity index is 2.23. The van der Waals surface area contributed by atoms with Crippen molar-refractivity contribution in [3.63, 3.8) is 0 Å². The maximum absolute atomic E-state index is 12.8. The molecule has 1 aliphatic rings. The van der Waals surface area contributed by atoms with E-state index in [4.69, 9.17) is 4.74 Å². The quantitative estimate of drug-likeness (QED) is 0.719. The van der Waals surface area contributed by atoms with E-state index in [-0.39, 0.29) is 30.0 Å². The monoisotopic (exact) mass is 355 g/mol. The number of nitrogens with zero attached hydrogens (tertiary/aromatic N) is 1. The molecular weight excluding hydrogens is 330 g/mol. The van der Waals surface area contributed by atoms with E-state index in [1.54, 1.807) is 11.0 Å². The molecule has 1 saturated heterocycles. The van der Waals surface area contributed by atoms with E-state index in [1.165, 1.54) is 19.2 Å². The SMILES string of the molecule is COCCNS(=O)(=O)c1ccc(C)c(C(=O)N2CCNC(C)C2)c1. The number of hydrogen-bond acceptors (Lipinski definition) is 5. The summed E-state index contributed by atoms with van der Waals surface area (Å²) in [5.74, 6) is -0.130. The van der Waals surface area contributed by atoms with Gasteiger partial charge < -0.3 is 15.0 Å². The number of methoxy groups -OCH3 is 1. The lowest BCUT2D eigenvalue weighted by Crippen LogP contribution is -2.51. The number of benzene rings is 1. The van der Waals surface area contributed by atoms with Gasteiger partial charge in [-0.25, -0.2) is 13.1 Å². The number of carbonyl (C=O) groups is 1. The first-order chi connectivity index (χ1) is 11.3. The third-order valence-electron chi connectivity index (χ3n) is 4.00. The number of hydrogen-bond donors (Lipinski definition) is 2. The minimum Gasteiger partial charge on any atom is -0.383 e. The molecule has 2 N–H and O–H groups in total. The number of sulfonamides is 1. The van der Waals surface area contributed by atoms with Crippen molar-refractivity contribution in [3.05, 3.63) is 29.3 Å². The largest absolute Gasteiger partial charge is 0.383 e. The molecule has 0 saturated carbocycles. The summed E-state index contributed by atoms with van der Waals surface area (Å²) < 4.78 is 32.0. The summed E-state index contributed by atoms with van der Waals surface area (Å²) in [5, 5.41) is 3.29. The third-order valence-corrected chi connectivity index (χ3v) is 5.46. The van der Waals surface area contributed by atoms with Crippen molar-refractivity contribution in [2.45, 2.75) is 24.8 Å². The fourth-order valence-electron chi connectivity index (χ4n) is 2.65. The number of ether oxygens (including phenoxy) is 1. The third kappa shape index (κ3) is 4.54. The van der Waals surface area contributed by atoms with Gasteiger partial charge in [-0.2, -0.15) is 0 Å². The lowest BCUT2D eigenvalue weighted by atomic mass is 10.1. The van der Waals surface area contributed by atoms with Crippen LogP contribution in [0.25, 0.3) is 0 Å². The van der Waals surface area contributed by atoms with E-state index in [0.29, 0.717) is 18.7 Å². The molecule has 7 nitrogen and oxygen atoms in total. The second-order valence-electron chi connectivity index (χ2n) is 5.97. The van der Waals surface area contributed by atoms with E-state index in [1.807, 2.05) is 13.8 Å². The van der Waals surface area contributed by atoms with Crippen LogP contribution in [0.15, 0.2) is 23.1 Å². The topological polar surface area (TPSA) is 87.7 Å². The van der Waals surface area contributed by atoms with E-state index >= 15 is 0 Å². The van der Waals surface area contributed by atoms with Gasteiger partial charge in [0, 0.05) is 44.9 Å². The molecule has 1 aliphatic heterocycles. The van der Waals surface area contributed by atoms with E-state index < -0.39 is 10.0 Å². The second kappa shape index (κ2) is 8.06. The first-order valence-corrected chi connectivity index (χ1v) is 9.45. The Bertz CT molecular complexity index is 691. The van der Waals surface area contributed by atoms with Crippen molar-refractivity contribution in [2.24, 2.45) is 0 Å². The van der Waals surface area contributed by atoms with Gasteiger partial charge in [0.25, 0.3) is 5.91 Å². The van der Waals surface area contributed by atoms with Crippen molar-refractivity contribution in [3.8, 4) is 0 Å². The van der Waals surface area contributed by atoms with Crippen LogP contribution >= 0.6 is 0 Å². The molecule has 0 bridgehead atoms. The molecule has 1 atom stereocenters. The highest BCUT2D eigenvalue weighted by Crippen LogP contribution is 2.18. The van der Waals surface area contributed by atoms with Crippen LogP contribution in [0.2, 0.25) is 0 Å². The predicted molar refractivity (Wildman–Crippen MR) is 91.6 cm³/mol. The van der Waals surface area contributed by atoms with E-state index in [0.717, 1.165) is 12.1 Å². The molecule has 24 heavy (non-hydrogen) atoms. The summed E-state index contributed by atoms with van der Waals surface area (Å²) in [6, 6.07) is 4.87. The standard InChI is InChI=1S/C16H25N3O4S/c1-12-4-5-14(24(21,22)18-7-9-23-3)10-15(12)16(20)19-8-6-17-13(2)11-19/h4-5,10,13,17-18H,6-9,11H2,1-3H3. The molecule has 0 spiro atoms. The van der Waals surface area contributed by atoms with Crippen molar-refractivity contribution in [1.82, 2.24) is 14.9 Å². The zero-order chi connectivity index (χ0) is 17.7. The molecule has 1 heterocycles. The number of amides is 1. The van der Waals surface area contributed by atoms with Crippen molar-refractivity contribution in [2.75, 3.05) is 39.9 Å². The fraction of sp³-hybridized carbons (Fsp3) is 0.562. The Morgan fingerprint density at radius 1 is 1.46 bits per heavy atom. The van der Waals surface area contributed by atoms with Crippen LogP contribution in [-0.4, -0.2) is 65.2 Å². The minimum atomic E-state index is -3.66. The van der Waals surface area contributed by atoms with Crippen molar-refractivity contribution in [1.29, 1.82) is 0 Å². The Morgan fingerprint density at radius 3 is 2.88 bits per heavy atom. The molecular formula is C16H25N3O4S. The summed E-state index contributed by atoms with van der Waals surface area (Å²) in [5.41, 5.74) is 1.20. The van der Waals surface area contributed by atoms with E-state index in [9.17, 15) is 13.2 Å². The molecule has 0 aliphatic carbocycles. The van der Waals surface area contributed by atoms with Gasteiger partial charge in [0.1, 0.15) is 0 Å². The highest BCUT2D eigenvalue weighted by Gasteiger charge is 2.24. The predicted octanol–water partition coefficient (Wildman–Crippen LogP) is 0.354. The molecule has 1 fully saturated rings. The molecule has 0 aromatic heterocycles. The molecule has 1 unspecified atom stereocenters. The van der Waals surface area contributed by atoms with Crippen LogP contribution in [0, 0.1) is 6.92 Å². The molecule has 134 valence electrons. The van der Waals surface area contributed by atoms with Crippen LogP contribution < -0.4 is 10.0 Å². The number of piperazine rings is 1. The van der Waals surface area contributed by atoms with Crippen LogP contribution in [0.4, 0.5) is 0 Å².